The van der Waals surface area contributed by atoms with E-state index in [4.69, 9.17) is 0 Å². The number of rotatable bonds is 5. The van der Waals surface area contributed by atoms with Gasteiger partial charge in [-0.1, -0.05) is 6.58 Å². The van der Waals surface area contributed by atoms with E-state index in [0.29, 0.717) is 11.4 Å². The molecule has 0 radical (unpaired) electrons. The van der Waals surface area contributed by atoms with Crippen molar-refractivity contribution in [2.45, 2.75) is 19.3 Å². The van der Waals surface area contributed by atoms with Crippen LogP contribution in [0.15, 0.2) is 30.9 Å². The molecule has 23 heavy (non-hydrogen) atoms. The van der Waals surface area contributed by atoms with Crippen LogP contribution in [-0.4, -0.2) is 43.4 Å². The fraction of sp³-hybridized carbons (Fsp3) is 0.412. The molecular formula is C17H22FN3O2. The third kappa shape index (κ3) is 4.55. The normalized spacial score (nSPS) is 14.3. The molecule has 5 nitrogen and oxygen atoms in total. The van der Waals surface area contributed by atoms with E-state index in [0.717, 1.165) is 32.0 Å². The molecule has 0 aromatic heterocycles. The number of hydrogen-bond donors (Lipinski definition) is 1. The Morgan fingerprint density at radius 2 is 2.04 bits per heavy atom. The van der Waals surface area contributed by atoms with Crippen LogP contribution in [0.1, 0.15) is 19.3 Å². The number of carbonyl (C=O) groups excluding carboxylic acids is 2. The molecule has 1 heterocycles. The van der Waals surface area contributed by atoms with Crippen LogP contribution in [-0.2, 0) is 9.59 Å². The van der Waals surface area contributed by atoms with E-state index in [2.05, 4.69) is 11.9 Å². The Morgan fingerprint density at radius 3 is 2.65 bits per heavy atom. The van der Waals surface area contributed by atoms with Crippen molar-refractivity contribution in [2.75, 3.05) is 36.9 Å². The van der Waals surface area contributed by atoms with Gasteiger partial charge in [-0.2, -0.15) is 0 Å². The molecule has 0 bridgehead atoms. The maximum atomic E-state index is 14.3. The predicted octanol–water partition coefficient (Wildman–Crippen LogP) is 2.40. The average Bonchev–Trinajstić information content (AvgIpc) is 2.54. The molecule has 2 amide bonds. The summed E-state index contributed by atoms with van der Waals surface area (Å²) in [6.07, 6.45) is 4.47. The van der Waals surface area contributed by atoms with E-state index >= 15 is 0 Å². The molecule has 0 spiro atoms. The van der Waals surface area contributed by atoms with Crippen molar-refractivity contribution in [3.05, 3.63) is 36.7 Å². The van der Waals surface area contributed by atoms with Crippen molar-refractivity contribution >= 4 is 23.2 Å². The Labute approximate surface area is 135 Å². The van der Waals surface area contributed by atoms with Gasteiger partial charge in [0.1, 0.15) is 5.82 Å². The van der Waals surface area contributed by atoms with Crippen LogP contribution in [0.4, 0.5) is 15.8 Å². The second kappa shape index (κ2) is 7.76. The number of amides is 2. The van der Waals surface area contributed by atoms with Gasteiger partial charge in [0.15, 0.2) is 0 Å². The zero-order valence-electron chi connectivity index (χ0n) is 13.3. The Morgan fingerprint density at radius 1 is 1.35 bits per heavy atom. The Kier molecular flexibility index (Phi) is 5.73. The van der Waals surface area contributed by atoms with Crippen LogP contribution >= 0.6 is 0 Å². The van der Waals surface area contributed by atoms with E-state index in [1.165, 1.54) is 24.4 Å². The fourth-order valence-electron chi connectivity index (χ4n) is 2.63. The number of likely N-dealkylation sites (N-methyl/N-ethyl adjacent to an activating group) is 1. The summed E-state index contributed by atoms with van der Waals surface area (Å²) in [5, 5.41) is 2.60. The average molecular weight is 319 g/mol. The summed E-state index contributed by atoms with van der Waals surface area (Å²) in [6, 6.07) is 4.69. The minimum Gasteiger partial charge on any atom is -0.369 e. The summed E-state index contributed by atoms with van der Waals surface area (Å²) in [7, 11) is 1.50. The Hall–Kier alpha value is -2.37. The molecule has 0 atom stereocenters. The second-order valence-corrected chi connectivity index (χ2v) is 5.66. The fourth-order valence-corrected chi connectivity index (χ4v) is 2.63. The highest BCUT2D eigenvalue weighted by Gasteiger charge is 2.16. The number of halogens is 1. The number of hydrogen-bond acceptors (Lipinski definition) is 3. The van der Waals surface area contributed by atoms with Gasteiger partial charge in [-0.15, -0.1) is 0 Å². The highest BCUT2D eigenvalue weighted by molar-refractivity contribution is 5.96. The third-order valence-corrected chi connectivity index (χ3v) is 3.86. The minimum absolute atomic E-state index is 0.111. The van der Waals surface area contributed by atoms with Crippen molar-refractivity contribution in [2.24, 2.45) is 0 Å². The van der Waals surface area contributed by atoms with Crippen LogP contribution < -0.4 is 10.2 Å². The minimum atomic E-state index is -0.382. The number of piperidine rings is 1. The summed E-state index contributed by atoms with van der Waals surface area (Å²) < 4.78 is 14.3. The first-order valence-corrected chi connectivity index (χ1v) is 7.73. The van der Waals surface area contributed by atoms with Crippen LogP contribution in [0, 0.1) is 5.82 Å². The molecule has 0 aliphatic carbocycles. The molecular weight excluding hydrogens is 297 g/mol. The van der Waals surface area contributed by atoms with E-state index in [1.54, 1.807) is 12.1 Å². The van der Waals surface area contributed by atoms with Crippen LogP contribution in [0.3, 0.4) is 0 Å². The molecule has 1 aromatic rings. The molecule has 2 rings (SSSR count). The lowest BCUT2D eigenvalue weighted by atomic mass is 10.1. The molecule has 1 aliphatic heterocycles. The third-order valence-electron chi connectivity index (χ3n) is 3.86. The van der Waals surface area contributed by atoms with E-state index in [9.17, 15) is 14.0 Å². The molecule has 6 heteroatoms. The first-order valence-electron chi connectivity index (χ1n) is 7.73. The zero-order chi connectivity index (χ0) is 16.8. The summed E-state index contributed by atoms with van der Waals surface area (Å²) in [5.74, 6) is -1.07. The molecule has 1 saturated heterocycles. The summed E-state index contributed by atoms with van der Waals surface area (Å²) in [6.45, 7) is 4.97. The summed E-state index contributed by atoms with van der Waals surface area (Å²) >= 11 is 0. The quantitative estimate of drug-likeness (QED) is 0.848. The van der Waals surface area contributed by atoms with Crippen molar-refractivity contribution in [3.8, 4) is 0 Å². The SMILES string of the molecule is C=CC(=O)N(C)CC(=O)Nc1ccc(N2CCCCC2)c(F)c1. The molecule has 0 unspecified atom stereocenters. The first-order chi connectivity index (χ1) is 11.0. The lowest BCUT2D eigenvalue weighted by Crippen LogP contribution is -2.33. The summed E-state index contributed by atoms with van der Waals surface area (Å²) in [5.41, 5.74) is 0.953. The smallest absolute Gasteiger partial charge is 0.246 e. The van der Waals surface area contributed by atoms with Gasteiger partial charge in [0.25, 0.3) is 0 Å². The lowest BCUT2D eigenvalue weighted by molar-refractivity contribution is -0.129. The maximum absolute atomic E-state index is 14.3. The number of benzene rings is 1. The van der Waals surface area contributed by atoms with E-state index in [-0.39, 0.29) is 24.2 Å². The number of nitrogens with zero attached hydrogens (tertiary/aromatic N) is 2. The van der Waals surface area contributed by atoms with Gasteiger partial charge in [0.05, 0.1) is 12.2 Å². The Bertz CT molecular complexity index is 598. The number of carbonyl (C=O) groups is 2. The van der Waals surface area contributed by atoms with Crippen LogP contribution in [0.5, 0.6) is 0 Å². The predicted molar refractivity (Wildman–Crippen MR) is 88.9 cm³/mol. The molecule has 1 aromatic carbocycles. The van der Waals surface area contributed by atoms with Crippen LogP contribution in [0.2, 0.25) is 0 Å². The van der Waals surface area contributed by atoms with Crippen LogP contribution in [0.25, 0.3) is 0 Å². The number of nitrogens with one attached hydrogen (secondary N) is 1. The van der Waals surface area contributed by atoms with Gasteiger partial charge in [0.2, 0.25) is 11.8 Å². The highest BCUT2D eigenvalue weighted by Crippen LogP contribution is 2.25. The molecule has 1 N–H and O–H groups in total. The van der Waals surface area contributed by atoms with Gasteiger partial charge in [-0.3, -0.25) is 9.59 Å². The summed E-state index contributed by atoms with van der Waals surface area (Å²) in [4.78, 5) is 26.5. The van der Waals surface area contributed by atoms with Crippen molar-refractivity contribution in [1.82, 2.24) is 4.90 Å². The zero-order valence-corrected chi connectivity index (χ0v) is 13.3. The molecule has 1 aliphatic rings. The molecule has 0 saturated carbocycles. The number of anilines is 2. The Balaban J connectivity index is 1.98. The largest absolute Gasteiger partial charge is 0.369 e. The first kappa shape index (κ1) is 17.0. The van der Waals surface area contributed by atoms with Gasteiger partial charge in [-0.05, 0) is 43.5 Å². The van der Waals surface area contributed by atoms with Gasteiger partial charge in [0, 0.05) is 25.8 Å². The molecule has 124 valence electrons. The highest BCUT2D eigenvalue weighted by atomic mass is 19.1. The van der Waals surface area contributed by atoms with Gasteiger partial charge >= 0.3 is 0 Å². The lowest BCUT2D eigenvalue weighted by Gasteiger charge is -2.29. The topological polar surface area (TPSA) is 52.7 Å². The van der Waals surface area contributed by atoms with E-state index in [1.807, 2.05) is 4.90 Å². The van der Waals surface area contributed by atoms with Crippen molar-refractivity contribution in [3.63, 3.8) is 0 Å². The monoisotopic (exact) mass is 319 g/mol. The van der Waals surface area contributed by atoms with E-state index < -0.39 is 0 Å². The van der Waals surface area contributed by atoms with Crippen molar-refractivity contribution < 1.29 is 14.0 Å². The molecule has 1 fully saturated rings. The maximum Gasteiger partial charge on any atom is 0.246 e. The van der Waals surface area contributed by atoms with Gasteiger partial charge < -0.3 is 15.1 Å². The standard InChI is InChI=1S/C17H22FN3O2/c1-3-17(23)20(2)12-16(22)19-13-7-8-15(14(18)11-13)21-9-5-4-6-10-21/h3,7-8,11H,1,4-6,9-10,12H2,2H3,(H,19,22). The second-order valence-electron chi connectivity index (χ2n) is 5.66. The van der Waals surface area contributed by atoms with Gasteiger partial charge in [-0.25, -0.2) is 4.39 Å². The van der Waals surface area contributed by atoms with Crippen molar-refractivity contribution in [1.29, 1.82) is 0 Å².